The zero-order valence-corrected chi connectivity index (χ0v) is 11.5. The van der Waals surface area contributed by atoms with Crippen LogP contribution in [-0.2, 0) is 15.8 Å². The first-order valence-corrected chi connectivity index (χ1v) is 6.96. The maximum atomic E-state index is 13.0. The fraction of sp³-hybridized carbons (Fsp3) is 0.467. The Labute approximate surface area is 124 Å². The van der Waals surface area contributed by atoms with Crippen LogP contribution in [0.3, 0.4) is 0 Å². The van der Waals surface area contributed by atoms with Crippen LogP contribution in [0, 0.1) is 5.41 Å². The highest BCUT2D eigenvalue weighted by molar-refractivity contribution is 6.05. The van der Waals surface area contributed by atoms with Crippen LogP contribution in [0.25, 0.3) is 0 Å². The minimum atomic E-state index is -4.44. The van der Waals surface area contributed by atoms with Crippen molar-refractivity contribution in [2.75, 3.05) is 0 Å². The number of alkyl halides is 3. The maximum Gasteiger partial charge on any atom is 0.416 e. The molecule has 2 atom stereocenters. The Balaban J connectivity index is 1.71. The van der Waals surface area contributed by atoms with E-state index in [0.29, 0.717) is 6.42 Å². The lowest BCUT2D eigenvalue weighted by Crippen LogP contribution is -2.38. The lowest BCUT2D eigenvalue weighted by atomic mass is 10.0. The van der Waals surface area contributed by atoms with Crippen molar-refractivity contribution in [3.05, 3.63) is 35.4 Å². The molecule has 4 nitrogen and oxygen atoms in total. The molecule has 2 N–H and O–H groups in total. The van der Waals surface area contributed by atoms with Crippen molar-refractivity contribution < 1.29 is 27.9 Å². The first-order valence-electron chi connectivity index (χ1n) is 6.96. The van der Waals surface area contributed by atoms with Crippen molar-refractivity contribution in [1.29, 1.82) is 0 Å². The molecule has 2 saturated carbocycles. The zero-order chi connectivity index (χ0) is 16.1. The first-order chi connectivity index (χ1) is 10.3. The van der Waals surface area contributed by atoms with Crippen molar-refractivity contribution in [3.63, 3.8) is 0 Å². The molecule has 0 aliphatic heterocycles. The van der Waals surface area contributed by atoms with Gasteiger partial charge in [-0.1, -0.05) is 18.2 Å². The number of carbonyl (C=O) groups excluding carboxylic acids is 1. The molecular weight excluding hydrogens is 299 g/mol. The van der Waals surface area contributed by atoms with Crippen molar-refractivity contribution in [1.82, 2.24) is 5.32 Å². The van der Waals surface area contributed by atoms with Gasteiger partial charge >= 0.3 is 12.1 Å². The minimum absolute atomic E-state index is 0.153. The monoisotopic (exact) mass is 313 g/mol. The second-order valence-corrected chi connectivity index (χ2v) is 5.89. The average Bonchev–Trinajstić information content (AvgIpc) is 3.32. The van der Waals surface area contributed by atoms with Crippen molar-refractivity contribution in [2.45, 2.75) is 37.4 Å². The molecule has 0 bridgehead atoms. The van der Waals surface area contributed by atoms with E-state index in [2.05, 4.69) is 5.32 Å². The third kappa shape index (κ3) is 2.44. The second-order valence-electron chi connectivity index (χ2n) is 5.89. The van der Waals surface area contributed by atoms with E-state index >= 15 is 0 Å². The second kappa shape index (κ2) is 4.72. The number of hydrogen-bond acceptors (Lipinski definition) is 2. The average molecular weight is 313 g/mol. The largest absolute Gasteiger partial charge is 0.480 e. The molecule has 2 aliphatic carbocycles. The molecule has 118 valence electrons. The molecule has 3 rings (SSSR count). The van der Waals surface area contributed by atoms with E-state index < -0.39 is 41.0 Å². The molecule has 2 aliphatic rings. The molecule has 1 amide bonds. The molecule has 0 heterocycles. The summed E-state index contributed by atoms with van der Waals surface area (Å²) in [5, 5.41) is 11.6. The van der Waals surface area contributed by atoms with Crippen LogP contribution in [-0.4, -0.2) is 23.0 Å². The predicted molar refractivity (Wildman–Crippen MR) is 70.0 cm³/mol. The van der Waals surface area contributed by atoms with Gasteiger partial charge in [0.2, 0.25) is 5.91 Å². The number of carboxylic acids is 1. The summed E-state index contributed by atoms with van der Waals surface area (Å²) in [4.78, 5) is 23.0. The maximum absolute atomic E-state index is 13.0. The Hall–Kier alpha value is -2.05. The Kier molecular flexibility index (Phi) is 3.19. The van der Waals surface area contributed by atoms with Gasteiger partial charge in [0.1, 0.15) is 5.41 Å². The molecule has 22 heavy (non-hydrogen) atoms. The SMILES string of the molecule is O=C(O)C1(C(=O)NC2CC2c2ccccc2C(F)(F)F)CC1. The van der Waals surface area contributed by atoms with Crippen molar-refractivity contribution >= 4 is 11.9 Å². The van der Waals surface area contributed by atoms with E-state index in [1.807, 2.05) is 0 Å². The summed E-state index contributed by atoms with van der Waals surface area (Å²) >= 11 is 0. The molecule has 1 aromatic carbocycles. The normalized spacial score (nSPS) is 25.4. The van der Waals surface area contributed by atoms with Gasteiger partial charge in [0, 0.05) is 12.0 Å². The van der Waals surface area contributed by atoms with Crippen LogP contribution in [0.5, 0.6) is 0 Å². The van der Waals surface area contributed by atoms with Gasteiger partial charge in [-0.25, -0.2) is 0 Å². The number of halogens is 3. The van der Waals surface area contributed by atoms with E-state index in [4.69, 9.17) is 5.11 Å². The van der Waals surface area contributed by atoms with Gasteiger partial charge < -0.3 is 10.4 Å². The number of carboxylic acid groups (broad SMARTS) is 1. The van der Waals surface area contributed by atoms with Crippen LogP contribution >= 0.6 is 0 Å². The third-order valence-electron chi connectivity index (χ3n) is 4.37. The van der Waals surface area contributed by atoms with Crippen LogP contribution < -0.4 is 5.32 Å². The number of aliphatic carboxylic acids is 1. The fourth-order valence-electron chi connectivity index (χ4n) is 2.75. The molecule has 7 heteroatoms. The predicted octanol–water partition coefficient (Wildman–Crippen LogP) is 2.54. The van der Waals surface area contributed by atoms with Crippen LogP contribution in [0.1, 0.15) is 36.3 Å². The smallest absolute Gasteiger partial charge is 0.416 e. The number of hydrogen-bond donors (Lipinski definition) is 2. The van der Waals surface area contributed by atoms with E-state index in [9.17, 15) is 22.8 Å². The summed E-state index contributed by atoms with van der Waals surface area (Å²) in [5.41, 5.74) is -1.91. The molecule has 0 saturated heterocycles. The van der Waals surface area contributed by atoms with Crippen LogP contribution in [0.15, 0.2) is 24.3 Å². The lowest BCUT2D eigenvalue weighted by Gasteiger charge is -2.14. The van der Waals surface area contributed by atoms with E-state index in [-0.39, 0.29) is 18.4 Å². The quantitative estimate of drug-likeness (QED) is 0.840. The number of carbonyl (C=O) groups is 2. The minimum Gasteiger partial charge on any atom is -0.480 e. The van der Waals surface area contributed by atoms with Crippen LogP contribution in [0.2, 0.25) is 0 Å². The first kappa shape index (κ1) is 14.9. The Morgan fingerprint density at radius 2 is 1.86 bits per heavy atom. The fourth-order valence-corrected chi connectivity index (χ4v) is 2.75. The van der Waals surface area contributed by atoms with Gasteiger partial charge in [-0.15, -0.1) is 0 Å². The van der Waals surface area contributed by atoms with Gasteiger partial charge in [0.25, 0.3) is 0 Å². The number of amides is 1. The summed E-state index contributed by atoms with van der Waals surface area (Å²) in [5.74, 6) is -2.17. The van der Waals surface area contributed by atoms with Gasteiger partial charge in [-0.2, -0.15) is 13.2 Å². The van der Waals surface area contributed by atoms with Crippen LogP contribution in [0.4, 0.5) is 13.2 Å². The Morgan fingerprint density at radius 1 is 1.23 bits per heavy atom. The Bertz CT molecular complexity index is 637. The Morgan fingerprint density at radius 3 is 2.41 bits per heavy atom. The third-order valence-corrected chi connectivity index (χ3v) is 4.37. The summed E-state index contributed by atoms with van der Waals surface area (Å²) < 4.78 is 38.9. The van der Waals surface area contributed by atoms with Gasteiger partial charge in [-0.05, 0) is 30.9 Å². The lowest BCUT2D eigenvalue weighted by molar-refractivity contribution is -0.149. The molecule has 2 unspecified atom stereocenters. The number of nitrogens with one attached hydrogen (secondary N) is 1. The van der Waals surface area contributed by atoms with E-state index in [1.165, 1.54) is 18.2 Å². The summed E-state index contributed by atoms with van der Waals surface area (Å²) in [6.07, 6.45) is -3.48. The molecule has 1 aromatic rings. The van der Waals surface area contributed by atoms with Crippen molar-refractivity contribution in [2.24, 2.45) is 5.41 Å². The number of rotatable bonds is 4. The van der Waals surface area contributed by atoms with Gasteiger partial charge in [0.15, 0.2) is 0 Å². The molecule has 0 aromatic heterocycles. The summed E-state index contributed by atoms with van der Waals surface area (Å²) in [6, 6.07) is 4.86. The summed E-state index contributed by atoms with van der Waals surface area (Å²) in [7, 11) is 0. The highest BCUT2D eigenvalue weighted by Gasteiger charge is 2.58. The number of benzene rings is 1. The summed E-state index contributed by atoms with van der Waals surface area (Å²) in [6.45, 7) is 0. The topological polar surface area (TPSA) is 66.4 Å². The highest BCUT2D eigenvalue weighted by Crippen LogP contribution is 2.49. The van der Waals surface area contributed by atoms with Gasteiger partial charge in [-0.3, -0.25) is 9.59 Å². The molecule has 0 radical (unpaired) electrons. The van der Waals surface area contributed by atoms with Crippen molar-refractivity contribution in [3.8, 4) is 0 Å². The van der Waals surface area contributed by atoms with Gasteiger partial charge in [0.05, 0.1) is 5.56 Å². The van der Waals surface area contributed by atoms with E-state index in [1.54, 1.807) is 0 Å². The zero-order valence-electron chi connectivity index (χ0n) is 11.5. The highest BCUT2D eigenvalue weighted by atomic mass is 19.4. The molecular formula is C15H14F3NO3. The molecule has 0 spiro atoms. The standard InChI is InChI=1S/C15H14F3NO3/c16-15(17,18)10-4-2-1-3-8(10)9-7-11(9)19-12(20)14(5-6-14)13(21)22/h1-4,9,11H,5-7H2,(H,19,20)(H,21,22). The van der Waals surface area contributed by atoms with E-state index in [0.717, 1.165) is 6.07 Å². The molecule has 2 fully saturated rings.